The van der Waals surface area contributed by atoms with E-state index in [0.29, 0.717) is 19.6 Å². The van der Waals surface area contributed by atoms with Crippen LogP contribution in [0.25, 0.3) is 11.0 Å². The van der Waals surface area contributed by atoms with Gasteiger partial charge in [0.2, 0.25) is 5.91 Å². The first-order valence-corrected chi connectivity index (χ1v) is 10.9. The largest absolute Gasteiger partial charge is 0.490 e. The number of aliphatic hydroxyl groups excluding tert-OH is 1. The molecule has 0 bridgehead atoms. The number of carboxylic acid groups (broad SMARTS) is 1. The predicted molar refractivity (Wildman–Crippen MR) is 119 cm³/mol. The summed E-state index contributed by atoms with van der Waals surface area (Å²) < 4.78 is 32.5. The molecule has 3 aromatic rings. The molecule has 0 fully saturated rings. The fraction of sp³-hybridized carbons (Fsp3) is 0.333. The van der Waals surface area contributed by atoms with Crippen LogP contribution in [-0.2, 0) is 22.6 Å². The van der Waals surface area contributed by atoms with Crippen molar-refractivity contribution in [2.75, 3.05) is 19.7 Å². The standard InChI is InChI=1S/C19H20BrN5O2.C2HF3O2/c20-17-15-11-25(8-6-13(15)14-10-22-24-18(14)23-17)19(27)16(21-7-9-26)12-4-2-1-3-5-12;3-2(4,5)1(6)7/h1-5,10,16,21,26H,6-9,11H2,(H,22,23,24);(H,6,7). The van der Waals surface area contributed by atoms with Gasteiger partial charge in [-0.2, -0.15) is 18.3 Å². The van der Waals surface area contributed by atoms with Gasteiger partial charge in [-0.25, -0.2) is 9.78 Å². The molecule has 9 nitrogen and oxygen atoms in total. The van der Waals surface area contributed by atoms with Gasteiger partial charge in [0.15, 0.2) is 5.65 Å². The van der Waals surface area contributed by atoms with E-state index in [1.807, 2.05) is 35.2 Å². The minimum absolute atomic E-state index is 0.000472. The van der Waals surface area contributed by atoms with E-state index in [1.165, 1.54) is 5.56 Å². The number of carbonyl (C=O) groups excluding carboxylic acids is 1. The van der Waals surface area contributed by atoms with Gasteiger partial charge in [0.25, 0.3) is 0 Å². The normalized spacial score (nSPS) is 14.2. The number of fused-ring (bicyclic) bond motifs is 3. The van der Waals surface area contributed by atoms with Crippen molar-refractivity contribution in [2.24, 2.45) is 0 Å². The summed E-state index contributed by atoms with van der Waals surface area (Å²) in [6.45, 7) is 1.46. The van der Waals surface area contributed by atoms with E-state index in [0.717, 1.165) is 33.2 Å². The van der Waals surface area contributed by atoms with Gasteiger partial charge < -0.3 is 15.1 Å². The maximum Gasteiger partial charge on any atom is 0.490 e. The van der Waals surface area contributed by atoms with E-state index >= 15 is 0 Å². The molecule has 1 aliphatic heterocycles. The summed E-state index contributed by atoms with van der Waals surface area (Å²) in [5, 5.41) is 27.5. The van der Waals surface area contributed by atoms with Gasteiger partial charge >= 0.3 is 12.1 Å². The minimum atomic E-state index is -5.08. The number of nitrogens with zero attached hydrogens (tertiary/aromatic N) is 3. The number of H-pyrrole nitrogens is 1. The molecule has 1 aromatic carbocycles. The molecule has 1 unspecified atom stereocenters. The zero-order valence-corrected chi connectivity index (χ0v) is 19.2. The number of benzene rings is 1. The summed E-state index contributed by atoms with van der Waals surface area (Å²) in [7, 11) is 0. The van der Waals surface area contributed by atoms with Crippen LogP contribution in [0.2, 0.25) is 0 Å². The molecule has 2 aromatic heterocycles. The molecule has 1 aliphatic rings. The van der Waals surface area contributed by atoms with Crippen molar-refractivity contribution >= 4 is 38.8 Å². The molecule has 1 amide bonds. The van der Waals surface area contributed by atoms with Crippen LogP contribution in [0.5, 0.6) is 0 Å². The minimum Gasteiger partial charge on any atom is -0.475 e. The van der Waals surface area contributed by atoms with Crippen LogP contribution in [0.3, 0.4) is 0 Å². The fourth-order valence-electron chi connectivity index (χ4n) is 3.57. The maximum absolute atomic E-state index is 13.3. The van der Waals surface area contributed by atoms with Crippen LogP contribution in [0.1, 0.15) is 22.7 Å². The number of aliphatic carboxylic acids is 1. The van der Waals surface area contributed by atoms with E-state index in [1.54, 1.807) is 6.20 Å². The van der Waals surface area contributed by atoms with Gasteiger partial charge in [-0.3, -0.25) is 15.2 Å². The molecule has 34 heavy (non-hydrogen) atoms. The van der Waals surface area contributed by atoms with Crippen LogP contribution in [0, 0.1) is 0 Å². The number of hydrogen-bond donors (Lipinski definition) is 4. The number of carbonyl (C=O) groups is 2. The van der Waals surface area contributed by atoms with Crippen LogP contribution in [0.15, 0.2) is 41.1 Å². The van der Waals surface area contributed by atoms with E-state index in [9.17, 15) is 23.1 Å². The average molecular weight is 544 g/mol. The topological polar surface area (TPSA) is 131 Å². The van der Waals surface area contributed by atoms with Crippen LogP contribution in [0.4, 0.5) is 13.2 Å². The van der Waals surface area contributed by atoms with Crippen molar-refractivity contribution in [3.63, 3.8) is 0 Å². The molecule has 1 atom stereocenters. The Morgan fingerprint density at radius 2 is 1.91 bits per heavy atom. The first-order chi connectivity index (χ1) is 16.1. The quantitative estimate of drug-likeness (QED) is 0.363. The first kappa shape index (κ1) is 25.6. The summed E-state index contributed by atoms with van der Waals surface area (Å²) >= 11 is 3.54. The van der Waals surface area contributed by atoms with Crippen LogP contribution in [-0.4, -0.2) is 68.0 Å². The molecule has 182 valence electrons. The monoisotopic (exact) mass is 543 g/mol. The molecule has 0 radical (unpaired) electrons. The molecule has 3 heterocycles. The Hall–Kier alpha value is -3.03. The highest BCUT2D eigenvalue weighted by Crippen LogP contribution is 2.31. The number of alkyl halides is 3. The van der Waals surface area contributed by atoms with Crippen molar-refractivity contribution < 1.29 is 33.0 Å². The van der Waals surface area contributed by atoms with Crippen molar-refractivity contribution in [1.29, 1.82) is 0 Å². The number of pyridine rings is 1. The van der Waals surface area contributed by atoms with Gasteiger partial charge in [0.05, 0.1) is 12.8 Å². The first-order valence-electron chi connectivity index (χ1n) is 10.1. The summed E-state index contributed by atoms with van der Waals surface area (Å²) in [5.41, 5.74) is 3.86. The summed E-state index contributed by atoms with van der Waals surface area (Å²) in [5.74, 6) is -2.76. The lowest BCUT2D eigenvalue weighted by molar-refractivity contribution is -0.192. The second-order valence-corrected chi connectivity index (χ2v) is 8.08. The van der Waals surface area contributed by atoms with Crippen molar-refractivity contribution in [2.45, 2.75) is 25.2 Å². The number of rotatable bonds is 5. The van der Waals surface area contributed by atoms with Gasteiger partial charge in [0, 0.05) is 30.6 Å². The number of nitrogens with one attached hydrogen (secondary N) is 2. The highest BCUT2D eigenvalue weighted by molar-refractivity contribution is 9.10. The van der Waals surface area contributed by atoms with Crippen LogP contribution >= 0.6 is 15.9 Å². The molecule has 0 aliphatic carbocycles. The lowest BCUT2D eigenvalue weighted by Crippen LogP contribution is -2.44. The molecule has 4 rings (SSSR count). The predicted octanol–water partition coefficient (Wildman–Crippen LogP) is 2.56. The third-order valence-corrected chi connectivity index (χ3v) is 5.80. The zero-order chi connectivity index (χ0) is 24.9. The smallest absolute Gasteiger partial charge is 0.475 e. The summed E-state index contributed by atoms with van der Waals surface area (Å²) in [4.78, 5) is 28.5. The molecular weight excluding hydrogens is 523 g/mol. The van der Waals surface area contributed by atoms with Crippen molar-refractivity contribution in [1.82, 2.24) is 25.4 Å². The number of aliphatic hydroxyl groups is 1. The van der Waals surface area contributed by atoms with E-state index in [-0.39, 0.29) is 12.5 Å². The second kappa shape index (κ2) is 10.9. The Bertz CT molecular complexity index is 1160. The molecule has 0 spiro atoms. The molecule has 13 heteroatoms. The molecule has 4 N–H and O–H groups in total. The Morgan fingerprint density at radius 1 is 1.24 bits per heavy atom. The zero-order valence-electron chi connectivity index (χ0n) is 17.6. The van der Waals surface area contributed by atoms with Gasteiger partial charge in [-0.1, -0.05) is 30.3 Å². The van der Waals surface area contributed by atoms with E-state index < -0.39 is 18.2 Å². The van der Waals surface area contributed by atoms with Crippen molar-refractivity contribution in [3.05, 3.63) is 57.8 Å². The molecule has 0 saturated heterocycles. The third kappa shape index (κ3) is 5.90. The summed E-state index contributed by atoms with van der Waals surface area (Å²) in [6, 6.07) is 9.13. The SMILES string of the molecule is O=C(C(NCCO)c1ccccc1)N1CCc2c(c(Br)nc3[nH]ncc23)C1.O=C(O)C(F)(F)F. The Kier molecular flexibility index (Phi) is 8.23. The van der Waals surface area contributed by atoms with Gasteiger partial charge in [0.1, 0.15) is 10.6 Å². The van der Waals surface area contributed by atoms with E-state index in [2.05, 4.69) is 36.4 Å². The number of carboxylic acids is 1. The second-order valence-electron chi connectivity index (χ2n) is 7.33. The highest BCUT2D eigenvalue weighted by Gasteiger charge is 2.38. The average Bonchev–Trinajstić information content (AvgIpc) is 3.28. The van der Waals surface area contributed by atoms with Gasteiger partial charge in [-0.05, 0) is 33.5 Å². The lowest BCUT2D eigenvalue weighted by atomic mass is 9.97. The number of halogens is 4. The van der Waals surface area contributed by atoms with Gasteiger partial charge in [-0.15, -0.1) is 0 Å². The Balaban J connectivity index is 0.000000406. The molecular formula is C21H21BrF3N5O4. The summed E-state index contributed by atoms with van der Waals surface area (Å²) in [6.07, 6.45) is -2.54. The fourth-order valence-corrected chi connectivity index (χ4v) is 4.12. The number of aromatic nitrogens is 3. The van der Waals surface area contributed by atoms with Crippen molar-refractivity contribution in [3.8, 4) is 0 Å². The number of aromatic amines is 1. The maximum atomic E-state index is 13.3. The number of amides is 1. The Morgan fingerprint density at radius 3 is 2.53 bits per heavy atom. The van der Waals surface area contributed by atoms with E-state index in [4.69, 9.17) is 9.90 Å². The van der Waals surface area contributed by atoms with Crippen LogP contribution < -0.4 is 5.32 Å². The molecule has 0 saturated carbocycles. The lowest BCUT2D eigenvalue weighted by Gasteiger charge is -2.32. The Labute approximate surface area is 200 Å². The third-order valence-electron chi connectivity index (χ3n) is 5.14. The number of hydrogen-bond acceptors (Lipinski definition) is 6. The highest BCUT2D eigenvalue weighted by atomic mass is 79.9.